The SMILES string of the molecule is C1=Cc2ccc3c(c2CC1)CCc1ccccc1-3.Oc1ccc(C2C=CC=CS2)cc1. The van der Waals surface area contributed by atoms with Crippen molar-refractivity contribution in [2.75, 3.05) is 0 Å². The Kier molecular flexibility index (Phi) is 5.82. The van der Waals surface area contributed by atoms with Gasteiger partial charge < -0.3 is 5.11 Å². The first-order chi connectivity index (χ1) is 15.3. The van der Waals surface area contributed by atoms with Crippen LogP contribution in [0, 0.1) is 0 Å². The van der Waals surface area contributed by atoms with Gasteiger partial charge in [0.25, 0.3) is 0 Å². The predicted octanol–water partition coefficient (Wildman–Crippen LogP) is 7.66. The number of aromatic hydroxyl groups is 1. The average Bonchev–Trinajstić information content (AvgIpc) is 2.85. The summed E-state index contributed by atoms with van der Waals surface area (Å²) in [5.74, 6) is 0.323. The first kappa shape index (κ1) is 20.0. The second-order valence-corrected chi connectivity index (χ2v) is 9.17. The van der Waals surface area contributed by atoms with E-state index < -0.39 is 0 Å². The van der Waals surface area contributed by atoms with Crippen LogP contribution in [0.2, 0.25) is 0 Å². The van der Waals surface area contributed by atoms with E-state index in [4.69, 9.17) is 5.11 Å². The molecule has 0 bridgehead atoms. The van der Waals surface area contributed by atoms with Crippen molar-refractivity contribution in [2.24, 2.45) is 0 Å². The molecule has 6 rings (SSSR count). The third-order valence-electron chi connectivity index (χ3n) is 6.20. The van der Waals surface area contributed by atoms with Gasteiger partial charge in [-0.05, 0) is 82.2 Å². The molecule has 31 heavy (non-hydrogen) atoms. The molecule has 2 aliphatic carbocycles. The van der Waals surface area contributed by atoms with E-state index in [1.807, 2.05) is 24.3 Å². The van der Waals surface area contributed by atoms with Crippen molar-refractivity contribution in [3.05, 3.63) is 118 Å². The zero-order valence-corrected chi connectivity index (χ0v) is 18.3. The van der Waals surface area contributed by atoms with Crippen LogP contribution in [0.4, 0.5) is 0 Å². The summed E-state index contributed by atoms with van der Waals surface area (Å²) in [4.78, 5) is 0. The topological polar surface area (TPSA) is 20.2 Å². The number of phenolic OH excluding ortho intramolecular Hbond substituents is 1. The van der Waals surface area contributed by atoms with Crippen LogP contribution in [0.1, 0.15) is 39.5 Å². The summed E-state index contributed by atoms with van der Waals surface area (Å²) in [7, 11) is 0. The average molecular weight is 423 g/mol. The lowest BCUT2D eigenvalue weighted by molar-refractivity contribution is 0.475. The molecule has 0 amide bonds. The van der Waals surface area contributed by atoms with Gasteiger partial charge in [0.2, 0.25) is 0 Å². The van der Waals surface area contributed by atoms with E-state index in [9.17, 15) is 0 Å². The molecule has 1 aliphatic heterocycles. The Labute approximate surface area is 188 Å². The van der Waals surface area contributed by atoms with Crippen LogP contribution in [0.25, 0.3) is 17.2 Å². The molecule has 0 aromatic heterocycles. The summed E-state index contributed by atoms with van der Waals surface area (Å²) in [6.07, 6.45) is 15.6. The lowest BCUT2D eigenvalue weighted by Gasteiger charge is -2.25. The van der Waals surface area contributed by atoms with E-state index >= 15 is 0 Å². The smallest absolute Gasteiger partial charge is 0.115 e. The molecule has 0 saturated heterocycles. The van der Waals surface area contributed by atoms with E-state index in [0.29, 0.717) is 11.0 Å². The number of hydrogen-bond acceptors (Lipinski definition) is 2. The second-order valence-electron chi connectivity index (χ2n) is 8.12. The molecule has 2 heteroatoms. The monoisotopic (exact) mass is 422 g/mol. The maximum Gasteiger partial charge on any atom is 0.115 e. The molecule has 3 aromatic rings. The van der Waals surface area contributed by atoms with Crippen molar-refractivity contribution in [1.29, 1.82) is 0 Å². The minimum absolute atomic E-state index is 0.323. The Balaban J connectivity index is 0.000000140. The summed E-state index contributed by atoms with van der Waals surface area (Å²) in [6, 6.07) is 20.8. The Morgan fingerprint density at radius 2 is 1.65 bits per heavy atom. The van der Waals surface area contributed by atoms with Crippen molar-refractivity contribution >= 4 is 17.8 Å². The summed E-state index contributed by atoms with van der Waals surface area (Å²) in [5.41, 5.74) is 10.3. The second kappa shape index (κ2) is 9.03. The first-order valence-electron chi connectivity index (χ1n) is 11.0. The van der Waals surface area contributed by atoms with E-state index in [-0.39, 0.29) is 0 Å². The minimum Gasteiger partial charge on any atom is -0.508 e. The molecule has 0 fully saturated rings. The van der Waals surface area contributed by atoms with Crippen molar-refractivity contribution in [3.63, 3.8) is 0 Å². The van der Waals surface area contributed by atoms with Crippen LogP contribution >= 0.6 is 11.8 Å². The number of allylic oxidation sites excluding steroid dienone is 3. The highest BCUT2D eigenvalue weighted by atomic mass is 32.2. The Hall–Kier alpha value is -2.97. The van der Waals surface area contributed by atoms with Gasteiger partial charge in [0.1, 0.15) is 5.75 Å². The number of thioether (sulfide) groups is 1. The maximum absolute atomic E-state index is 9.12. The van der Waals surface area contributed by atoms with Crippen LogP contribution in [0.5, 0.6) is 5.75 Å². The molecule has 0 saturated carbocycles. The largest absolute Gasteiger partial charge is 0.508 e. The molecule has 1 unspecified atom stereocenters. The normalized spacial score (nSPS) is 17.7. The zero-order chi connectivity index (χ0) is 21.0. The summed E-state index contributed by atoms with van der Waals surface area (Å²) < 4.78 is 0. The van der Waals surface area contributed by atoms with Gasteiger partial charge in [-0.2, -0.15) is 0 Å². The molecular formula is C29H26OS. The molecule has 3 aromatic carbocycles. The fraction of sp³-hybridized carbons (Fsp3) is 0.172. The van der Waals surface area contributed by atoms with Crippen LogP contribution in [-0.4, -0.2) is 5.11 Å². The molecule has 1 nitrogen and oxygen atoms in total. The number of phenols is 1. The summed E-state index contributed by atoms with van der Waals surface area (Å²) in [5, 5.41) is 11.6. The van der Waals surface area contributed by atoms with Crippen LogP contribution in [-0.2, 0) is 19.3 Å². The molecule has 1 heterocycles. The quantitative estimate of drug-likeness (QED) is 0.434. The number of rotatable bonds is 1. The number of fused-ring (bicyclic) bond motifs is 5. The molecule has 154 valence electrons. The Morgan fingerprint density at radius 1 is 0.774 bits per heavy atom. The molecular weight excluding hydrogens is 396 g/mol. The van der Waals surface area contributed by atoms with Gasteiger partial charge >= 0.3 is 0 Å². The number of aryl methyl sites for hydroxylation is 1. The maximum atomic E-state index is 9.12. The molecule has 0 spiro atoms. The van der Waals surface area contributed by atoms with Gasteiger partial charge in [0.05, 0.1) is 5.25 Å². The van der Waals surface area contributed by atoms with Crippen LogP contribution < -0.4 is 0 Å². The van der Waals surface area contributed by atoms with Crippen molar-refractivity contribution < 1.29 is 5.11 Å². The van der Waals surface area contributed by atoms with E-state index in [1.54, 1.807) is 35.0 Å². The minimum atomic E-state index is 0.323. The highest BCUT2D eigenvalue weighted by Gasteiger charge is 2.20. The zero-order valence-electron chi connectivity index (χ0n) is 17.5. The Bertz CT molecular complexity index is 1170. The standard InChI is InChI=1S/C18H16.C11H10OS/c1-3-7-15-13(5-1)9-11-18-16-8-4-2-6-14(16)10-12-17(15)18;12-10-6-4-9(5-7-10)11-3-1-2-8-13-11/h1-3,5-7,10,12H,4,8-9,11H2;1-8,11-12H. The van der Waals surface area contributed by atoms with Crippen molar-refractivity contribution in [2.45, 2.75) is 30.9 Å². The molecule has 3 aliphatic rings. The fourth-order valence-electron chi connectivity index (χ4n) is 4.64. The number of hydrogen-bond donors (Lipinski definition) is 1. The van der Waals surface area contributed by atoms with Gasteiger partial charge in [0, 0.05) is 0 Å². The van der Waals surface area contributed by atoms with Gasteiger partial charge in [-0.1, -0.05) is 78.9 Å². The molecule has 1 atom stereocenters. The first-order valence-corrected chi connectivity index (χ1v) is 11.9. The van der Waals surface area contributed by atoms with Gasteiger partial charge in [0.15, 0.2) is 0 Å². The van der Waals surface area contributed by atoms with E-state index in [1.165, 1.54) is 53.5 Å². The lowest BCUT2D eigenvalue weighted by Crippen LogP contribution is -2.09. The third-order valence-corrected chi connectivity index (χ3v) is 7.24. The van der Waals surface area contributed by atoms with Crippen LogP contribution in [0.15, 0.2) is 90.4 Å². The van der Waals surface area contributed by atoms with Crippen molar-refractivity contribution in [1.82, 2.24) is 0 Å². The van der Waals surface area contributed by atoms with Gasteiger partial charge in [-0.25, -0.2) is 0 Å². The third kappa shape index (κ3) is 4.26. The summed E-state index contributed by atoms with van der Waals surface area (Å²) in [6.45, 7) is 0. The highest BCUT2D eigenvalue weighted by Crippen LogP contribution is 2.38. The highest BCUT2D eigenvalue weighted by molar-refractivity contribution is 8.02. The Morgan fingerprint density at radius 3 is 2.48 bits per heavy atom. The van der Waals surface area contributed by atoms with E-state index in [0.717, 1.165) is 0 Å². The number of benzene rings is 3. The lowest BCUT2D eigenvalue weighted by atomic mass is 9.80. The predicted molar refractivity (Wildman–Crippen MR) is 133 cm³/mol. The fourth-order valence-corrected chi connectivity index (χ4v) is 5.48. The van der Waals surface area contributed by atoms with E-state index in [2.05, 4.69) is 60.0 Å². The van der Waals surface area contributed by atoms with Crippen LogP contribution in [0.3, 0.4) is 0 Å². The van der Waals surface area contributed by atoms with Crippen molar-refractivity contribution in [3.8, 4) is 16.9 Å². The van der Waals surface area contributed by atoms with Gasteiger partial charge in [-0.15, -0.1) is 11.8 Å². The molecule has 1 N–H and O–H groups in total. The summed E-state index contributed by atoms with van der Waals surface area (Å²) >= 11 is 1.77. The molecule has 0 radical (unpaired) electrons. The van der Waals surface area contributed by atoms with Gasteiger partial charge in [-0.3, -0.25) is 0 Å².